The van der Waals surface area contributed by atoms with Crippen molar-refractivity contribution < 1.29 is 19.4 Å². The number of carbonyl (C=O) groups is 2. The second kappa shape index (κ2) is 4.78. The van der Waals surface area contributed by atoms with Gasteiger partial charge >= 0.3 is 12.1 Å². The maximum Gasteiger partial charge on any atom is 0.407 e. The smallest absolute Gasteiger partial charge is 0.407 e. The van der Waals surface area contributed by atoms with E-state index in [1.54, 1.807) is 0 Å². The van der Waals surface area contributed by atoms with E-state index in [0.717, 1.165) is 0 Å². The Bertz CT molecular complexity index is 343. The van der Waals surface area contributed by atoms with Crippen LogP contribution >= 0.6 is 0 Å². The van der Waals surface area contributed by atoms with Gasteiger partial charge in [0.05, 0.1) is 0 Å². The van der Waals surface area contributed by atoms with Gasteiger partial charge in [0.25, 0.3) is 0 Å². The third-order valence-corrected chi connectivity index (χ3v) is 3.58. The van der Waals surface area contributed by atoms with Gasteiger partial charge in [-0.2, -0.15) is 0 Å². The number of ether oxygens (including phenoxy) is 1. The van der Waals surface area contributed by atoms with Gasteiger partial charge in [-0.05, 0) is 38.5 Å². The molecule has 1 saturated carbocycles. The summed E-state index contributed by atoms with van der Waals surface area (Å²) in [6.45, 7) is 9.39. The van der Waals surface area contributed by atoms with Crippen LogP contribution in [0.4, 0.5) is 4.79 Å². The number of aliphatic carboxylic acids is 1. The van der Waals surface area contributed by atoms with Gasteiger partial charge in [0, 0.05) is 12.5 Å². The van der Waals surface area contributed by atoms with Crippen molar-refractivity contribution >= 4 is 12.1 Å². The van der Waals surface area contributed by atoms with Gasteiger partial charge in [-0.15, -0.1) is 0 Å². The summed E-state index contributed by atoms with van der Waals surface area (Å²) in [6, 6.07) is -0.0169. The molecule has 0 aromatic carbocycles. The Morgan fingerprint density at radius 3 is 2.33 bits per heavy atom. The fraction of sp³-hybridized carbons (Fsp3) is 0.846. The highest BCUT2D eigenvalue weighted by molar-refractivity contribution is 5.69. The lowest BCUT2D eigenvalue weighted by atomic mass is 9.57. The first kappa shape index (κ1) is 14.8. The first-order valence-corrected chi connectivity index (χ1v) is 6.23. The van der Waals surface area contributed by atoms with Crippen molar-refractivity contribution in [3.05, 3.63) is 0 Å². The predicted octanol–water partition coefficient (Wildman–Crippen LogP) is 2.40. The molecule has 2 atom stereocenters. The fourth-order valence-corrected chi connectivity index (χ4v) is 2.27. The number of hydrogen-bond acceptors (Lipinski definition) is 3. The molecule has 1 fully saturated rings. The number of amides is 1. The van der Waals surface area contributed by atoms with Crippen molar-refractivity contribution in [3.63, 3.8) is 0 Å². The van der Waals surface area contributed by atoms with Crippen LogP contribution < -0.4 is 5.32 Å². The van der Waals surface area contributed by atoms with E-state index in [2.05, 4.69) is 5.32 Å². The molecule has 5 heteroatoms. The quantitative estimate of drug-likeness (QED) is 0.814. The minimum atomic E-state index is -0.788. The van der Waals surface area contributed by atoms with E-state index in [1.807, 2.05) is 34.6 Å². The molecular formula is C13H23NO4. The normalized spacial score (nSPS) is 26.1. The summed E-state index contributed by atoms with van der Waals surface area (Å²) in [5, 5.41) is 11.6. The van der Waals surface area contributed by atoms with E-state index in [4.69, 9.17) is 9.84 Å². The van der Waals surface area contributed by atoms with E-state index in [1.165, 1.54) is 0 Å². The zero-order valence-corrected chi connectivity index (χ0v) is 11.7. The highest BCUT2D eigenvalue weighted by Crippen LogP contribution is 2.48. The molecule has 1 aliphatic rings. The number of carboxylic acid groups (broad SMARTS) is 1. The molecule has 1 aliphatic carbocycles. The molecule has 0 saturated heterocycles. The molecule has 5 nitrogen and oxygen atoms in total. The number of carbonyl (C=O) groups excluding carboxylic acids is 1. The molecule has 1 amide bonds. The lowest BCUT2D eigenvalue weighted by Gasteiger charge is -2.51. The van der Waals surface area contributed by atoms with Crippen molar-refractivity contribution in [2.75, 3.05) is 0 Å². The number of carboxylic acids is 1. The summed E-state index contributed by atoms with van der Waals surface area (Å²) in [5.74, 6) is -0.682. The summed E-state index contributed by atoms with van der Waals surface area (Å²) in [4.78, 5) is 22.3. The minimum absolute atomic E-state index is 0.0169. The van der Waals surface area contributed by atoms with E-state index in [-0.39, 0.29) is 23.8 Å². The largest absolute Gasteiger partial charge is 0.481 e. The van der Waals surface area contributed by atoms with Crippen molar-refractivity contribution in [1.29, 1.82) is 0 Å². The average Bonchev–Trinajstić information content (AvgIpc) is 2.12. The van der Waals surface area contributed by atoms with Crippen molar-refractivity contribution in [2.24, 2.45) is 11.3 Å². The van der Waals surface area contributed by atoms with Crippen LogP contribution in [-0.2, 0) is 9.53 Å². The van der Waals surface area contributed by atoms with Gasteiger partial charge in [-0.25, -0.2) is 4.79 Å². The molecule has 18 heavy (non-hydrogen) atoms. The van der Waals surface area contributed by atoms with Crippen molar-refractivity contribution in [2.45, 2.75) is 59.1 Å². The van der Waals surface area contributed by atoms with Crippen LogP contribution in [0, 0.1) is 11.3 Å². The molecule has 1 rings (SSSR count). The number of nitrogens with one attached hydrogen (secondary N) is 1. The van der Waals surface area contributed by atoms with Gasteiger partial charge in [-0.3, -0.25) is 4.79 Å². The van der Waals surface area contributed by atoms with Crippen LogP contribution in [0.15, 0.2) is 0 Å². The topological polar surface area (TPSA) is 75.6 Å². The lowest BCUT2D eigenvalue weighted by Crippen LogP contribution is -2.59. The summed E-state index contributed by atoms with van der Waals surface area (Å²) >= 11 is 0. The Morgan fingerprint density at radius 2 is 1.94 bits per heavy atom. The highest BCUT2D eigenvalue weighted by atomic mass is 16.6. The van der Waals surface area contributed by atoms with Crippen LogP contribution in [0.2, 0.25) is 0 Å². The van der Waals surface area contributed by atoms with Crippen molar-refractivity contribution in [1.82, 2.24) is 5.32 Å². The minimum Gasteiger partial charge on any atom is -0.481 e. The maximum atomic E-state index is 11.6. The van der Waals surface area contributed by atoms with E-state index in [0.29, 0.717) is 6.42 Å². The van der Waals surface area contributed by atoms with Gasteiger partial charge in [0.2, 0.25) is 0 Å². The second-order valence-electron chi connectivity index (χ2n) is 6.55. The van der Waals surface area contributed by atoms with Crippen LogP contribution in [0.5, 0.6) is 0 Å². The summed E-state index contributed by atoms with van der Waals surface area (Å²) in [6.07, 6.45) is 0.409. The molecule has 0 spiro atoms. The van der Waals surface area contributed by atoms with Gasteiger partial charge in [0.1, 0.15) is 5.60 Å². The van der Waals surface area contributed by atoms with E-state index >= 15 is 0 Å². The Hall–Kier alpha value is -1.26. The van der Waals surface area contributed by atoms with Crippen LogP contribution in [0.3, 0.4) is 0 Å². The highest BCUT2D eigenvalue weighted by Gasteiger charge is 2.49. The van der Waals surface area contributed by atoms with Gasteiger partial charge < -0.3 is 15.2 Å². The summed E-state index contributed by atoms with van der Waals surface area (Å²) in [5.41, 5.74) is -0.715. The monoisotopic (exact) mass is 257 g/mol. The molecule has 104 valence electrons. The second-order valence-corrected chi connectivity index (χ2v) is 6.55. The first-order chi connectivity index (χ1) is 8.02. The number of rotatable bonds is 3. The molecule has 0 aromatic rings. The Kier molecular flexibility index (Phi) is 3.93. The molecule has 0 unspecified atom stereocenters. The van der Waals surface area contributed by atoms with E-state index < -0.39 is 17.7 Å². The van der Waals surface area contributed by atoms with Crippen LogP contribution in [0.1, 0.15) is 47.5 Å². The predicted molar refractivity (Wildman–Crippen MR) is 67.3 cm³/mol. The molecule has 0 aromatic heterocycles. The standard InChI is InChI=1S/C13H23NO4/c1-12(2,3)18-11(17)14-9-6-8(7-10(15)16)13(9,4)5/h8-9H,6-7H2,1-5H3,(H,14,17)(H,15,16)/t8-,9+/m1/s1. The van der Waals surface area contributed by atoms with Crippen molar-refractivity contribution in [3.8, 4) is 0 Å². The Balaban J connectivity index is 2.47. The maximum absolute atomic E-state index is 11.6. The Morgan fingerprint density at radius 1 is 1.39 bits per heavy atom. The zero-order valence-electron chi connectivity index (χ0n) is 11.7. The fourth-order valence-electron chi connectivity index (χ4n) is 2.27. The van der Waals surface area contributed by atoms with Crippen LogP contribution in [-0.4, -0.2) is 28.8 Å². The van der Waals surface area contributed by atoms with Gasteiger partial charge in [0.15, 0.2) is 0 Å². The molecule has 0 bridgehead atoms. The molecule has 0 heterocycles. The molecule has 0 radical (unpaired) electrons. The zero-order chi connectivity index (χ0) is 14.1. The Labute approximate surface area is 108 Å². The summed E-state index contributed by atoms with van der Waals surface area (Å²) < 4.78 is 5.19. The first-order valence-electron chi connectivity index (χ1n) is 6.23. The molecule has 2 N–H and O–H groups in total. The number of alkyl carbamates (subject to hydrolysis) is 1. The average molecular weight is 257 g/mol. The van der Waals surface area contributed by atoms with Gasteiger partial charge in [-0.1, -0.05) is 13.8 Å². The SMILES string of the molecule is CC(C)(C)OC(=O)N[C@H]1C[C@H](CC(=O)O)C1(C)C. The molecular weight excluding hydrogens is 234 g/mol. The molecule has 0 aliphatic heterocycles. The third kappa shape index (κ3) is 3.62. The van der Waals surface area contributed by atoms with E-state index in [9.17, 15) is 9.59 Å². The summed E-state index contributed by atoms with van der Waals surface area (Å²) in [7, 11) is 0. The lowest BCUT2D eigenvalue weighted by molar-refractivity contribution is -0.141. The third-order valence-electron chi connectivity index (χ3n) is 3.58. The van der Waals surface area contributed by atoms with Crippen LogP contribution in [0.25, 0.3) is 0 Å². The number of hydrogen-bond donors (Lipinski definition) is 2.